The Morgan fingerprint density at radius 3 is 2.46 bits per heavy atom. The number of nitrogens with one attached hydrogen (secondary N) is 2. The lowest BCUT2D eigenvalue weighted by atomic mass is 10.1. The number of ether oxygens (including phenoxy) is 1. The zero-order valence-electron chi connectivity index (χ0n) is 14.1. The van der Waals surface area contributed by atoms with Gasteiger partial charge in [0.05, 0.1) is 7.11 Å². The first-order valence-electron chi connectivity index (χ1n) is 7.80. The highest BCUT2D eigenvalue weighted by atomic mass is 16.5. The van der Waals surface area contributed by atoms with E-state index in [0.29, 0.717) is 12.8 Å². The van der Waals surface area contributed by atoms with E-state index in [1.807, 2.05) is 30.3 Å². The predicted octanol–water partition coefficient (Wildman–Crippen LogP) is 1.36. The summed E-state index contributed by atoms with van der Waals surface area (Å²) in [5.74, 6) is -1.21. The standard InChI is InChI=1S/C18H24N2O4/c1-4-5-11-16(21)19-13(2)17(22)20-15(18(23)24-3)12-14-9-7-6-8-10-14/h4,6-10,13,15H,1,5,11-12H2,2-3H3,(H,19,21)(H,20,22)/t13-,15-/m0/s1. The predicted molar refractivity (Wildman–Crippen MR) is 91.1 cm³/mol. The molecular formula is C18H24N2O4. The van der Waals surface area contributed by atoms with E-state index >= 15 is 0 Å². The van der Waals surface area contributed by atoms with Crippen LogP contribution in [0.15, 0.2) is 43.0 Å². The number of benzene rings is 1. The molecule has 0 spiro atoms. The highest BCUT2D eigenvalue weighted by molar-refractivity contribution is 5.90. The molecule has 0 aromatic heterocycles. The van der Waals surface area contributed by atoms with Crippen LogP contribution in [0.4, 0.5) is 0 Å². The molecule has 0 fully saturated rings. The highest BCUT2D eigenvalue weighted by Gasteiger charge is 2.25. The van der Waals surface area contributed by atoms with Crippen LogP contribution in [0.2, 0.25) is 0 Å². The zero-order chi connectivity index (χ0) is 17.9. The summed E-state index contributed by atoms with van der Waals surface area (Å²) in [6.45, 7) is 5.11. The molecule has 130 valence electrons. The average Bonchev–Trinajstić information content (AvgIpc) is 2.59. The van der Waals surface area contributed by atoms with Crippen molar-refractivity contribution in [2.75, 3.05) is 7.11 Å². The Labute approximate surface area is 142 Å². The summed E-state index contributed by atoms with van der Waals surface area (Å²) in [5.41, 5.74) is 0.899. The average molecular weight is 332 g/mol. The van der Waals surface area contributed by atoms with E-state index in [9.17, 15) is 14.4 Å². The van der Waals surface area contributed by atoms with Crippen molar-refractivity contribution < 1.29 is 19.1 Å². The molecule has 0 aliphatic heterocycles. The molecule has 1 aromatic rings. The molecule has 0 aliphatic carbocycles. The summed E-state index contributed by atoms with van der Waals surface area (Å²) in [5, 5.41) is 5.22. The summed E-state index contributed by atoms with van der Waals surface area (Å²) in [6.07, 6.45) is 2.76. The van der Waals surface area contributed by atoms with E-state index in [1.165, 1.54) is 7.11 Å². The third-order valence-electron chi connectivity index (χ3n) is 3.43. The van der Waals surface area contributed by atoms with Gasteiger partial charge in [0.15, 0.2) is 0 Å². The van der Waals surface area contributed by atoms with Crippen molar-refractivity contribution >= 4 is 17.8 Å². The number of methoxy groups -OCH3 is 1. The molecule has 0 bridgehead atoms. The molecule has 6 heteroatoms. The van der Waals surface area contributed by atoms with Crippen molar-refractivity contribution in [3.63, 3.8) is 0 Å². The lowest BCUT2D eigenvalue weighted by Crippen LogP contribution is -2.51. The Morgan fingerprint density at radius 1 is 1.21 bits per heavy atom. The van der Waals surface area contributed by atoms with E-state index in [1.54, 1.807) is 13.0 Å². The molecule has 2 N–H and O–H groups in total. The number of esters is 1. The molecule has 6 nitrogen and oxygen atoms in total. The number of hydrogen-bond acceptors (Lipinski definition) is 4. The molecule has 0 saturated carbocycles. The third-order valence-corrected chi connectivity index (χ3v) is 3.43. The van der Waals surface area contributed by atoms with Crippen LogP contribution in [0.3, 0.4) is 0 Å². The number of rotatable bonds is 9. The van der Waals surface area contributed by atoms with E-state index < -0.39 is 24.0 Å². The maximum absolute atomic E-state index is 12.2. The lowest BCUT2D eigenvalue weighted by Gasteiger charge is -2.20. The smallest absolute Gasteiger partial charge is 0.328 e. The molecule has 0 radical (unpaired) electrons. The molecule has 24 heavy (non-hydrogen) atoms. The summed E-state index contributed by atoms with van der Waals surface area (Å²) in [4.78, 5) is 35.8. The fraction of sp³-hybridized carbons (Fsp3) is 0.389. The van der Waals surface area contributed by atoms with Crippen molar-refractivity contribution in [2.45, 2.75) is 38.3 Å². The van der Waals surface area contributed by atoms with Gasteiger partial charge in [-0.25, -0.2) is 4.79 Å². The van der Waals surface area contributed by atoms with Gasteiger partial charge in [-0.1, -0.05) is 36.4 Å². The first kappa shape index (κ1) is 19.4. The molecule has 0 unspecified atom stereocenters. The second-order valence-electron chi connectivity index (χ2n) is 5.39. The van der Waals surface area contributed by atoms with Crippen molar-refractivity contribution in [1.29, 1.82) is 0 Å². The normalized spacial score (nSPS) is 12.6. The van der Waals surface area contributed by atoms with Crippen LogP contribution >= 0.6 is 0 Å². The Hall–Kier alpha value is -2.63. The Morgan fingerprint density at radius 2 is 1.88 bits per heavy atom. The summed E-state index contributed by atoms with van der Waals surface area (Å²) in [6, 6.07) is 7.76. The topological polar surface area (TPSA) is 84.5 Å². The van der Waals surface area contributed by atoms with Crippen molar-refractivity contribution in [3.8, 4) is 0 Å². The summed E-state index contributed by atoms with van der Waals surface area (Å²) < 4.78 is 4.75. The minimum Gasteiger partial charge on any atom is -0.467 e. The molecule has 1 rings (SSSR count). The van der Waals surface area contributed by atoms with E-state index in [0.717, 1.165) is 5.56 Å². The lowest BCUT2D eigenvalue weighted by molar-refractivity contribution is -0.145. The molecular weight excluding hydrogens is 308 g/mol. The van der Waals surface area contributed by atoms with Crippen LogP contribution in [-0.2, 0) is 25.5 Å². The van der Waals surface area contributed by atoms with Crippen LogP contribution in [0, 0.1) is 0 Å². The molecule has 0 saturated heterocycles. The first-order chi connectivity index (χ1) is 11.5. The Bertz CT molecular complexity index is 572. The van der Waals surface area contributed by atoms with Crippen molar-refractivity contribution in [3.05, 3.63) is 48.6 Å². The minimum absolute atomic E-state index is 0.241. The molecule has 2 amide bonds. The number of hydrogen-bond donors (Lipinski definition) is 2. The zero-order valence-corrected chi connectivity index (χ0v) is 14.1. The maximum atomic E-state index is 12.2. The number of allylic oxidation sites excluding steroid dienone is 1. The monoisotopic (exact) mass is 332 g/mol. The van der Waals surface area contributed by atoms with Gasteiger partial charge in [0.1, 0.15) is 12.1 Å². The van der Waals surface area contributed by atoms with Gasteiger partial charge in [0, 0.05) is 12.8 Å². The van der Waals surface area contributed by atoms with Gasteiger partial charge < -0.3 is 15.4 Å². The van der Waals surface area contributed by atoms with Gasteiger partial charge in [-0.05, 0) is 18.9 Å². The summed E-state index contributed by atoms with van der Waals surface area (Å²) in [7, 11) is 1.27. The first-order valence-corrected chi connectivity index (χ1v) is 7.80. The fourth-order valence-electron chi connectivity index (χ4n) is 2.09. The third kappa shape index (κ3) is 6.64. The second-order valence-corrected chi connectivity index (χ2v) is 5.39. The van der Waals surface area contributed by atoms with Gasteiger partial charge in [-0.2, -0.15) is 0 Å². The molecule has 0 aliphatic rings. The van der Waals surface area contributed by atoms with Crippen LogP contribution in [0.5, 0.6) is 0 Å². The number of carbonyl (C=O) groups is 3. The van der Waals surface area contributed by atoms with Crippen molar-refractivity contribution in [1.82, 2.24) is 10.6 Å². The van der Waals surface area contributed by atoms with Gasteiger partial charge >= 0.3 is 5.97 Å². The molecule has 2 atom stereocenters. The van der Waals surface area contributed by atoms with E-state index in [4.69, 9.17) is 4.74 Å². The van der Waals surface area contributed by atoms with Crippen LogP contribution < -0.4 is 10.6 Å². The van der Waals surface area contributed by atoms with Crippen LogP contribution in [-0.4, -0.2) is 37.0 Å². The SMILES string of the molecule is C=CCCC(=O)N[C@@H](C)C(=O)N[C@@H](Cc1ccccc1)C(=O)OC. The molecule has 1 aromatic carbocycles. The molecule has 0 heterocycles. The highest BCUT2D eigenvalue weighted by Crippen LogP contribution is 2.05. The quantitative estimate of drug-likeness (QED) is 0.528. The Balaban J connectivity index is 2.65. The van der Waals surface area contributed by atoms with Crippen LogP contribution in [0.1, 0.15) is 25.3 Å². The van der Waals surface area contributed by atoms with E-state index in [2.05, 4.69) is 17.2 Å². The largest absolute Gasteiger partial charge is 0.467 e. The van der Waals surface area contributed by atoms with Crippen LogP contribution in [0.25, 0.3) is 0 Å². The maximum Gasteiger partial charge on any atom is 0.328 e. The number of carbonyl (C=O) groups excluding carboxylic acids is 3. The second kappa shape index (κ2) is 10.2. The van der Waals surface area contributed by atoms with Gasteiger partial charge in [0.25, 0.3) is 0 Å². The van der Waals surface area contributed by atoms with E-state index in [-0.39, 0.29) is 12.3 Å². The minimum atomic E-state index is -0.808. The Kier molecular flexibility index (Phi) is 8.25. The summed E-state index contributed by atoms with van der Waals surface area (Å²) >= 11 is 0. The van der Waals surface area contributed by atoms with Gasteiger partial charge in [-0.15, -0.1) is 6.58 Å². The fourth-order valence-corrected chi connectivity index (χ4v) is 2.09. The van der Waals surface area contributed by atoms with Gasteiger partial charge in [-0.3, -0.25) is 9.59 Å². The van der Waals surface area contributed by atoms with Crippen molar-refractivity contribution in [2.24, 2.45) is 0 Å². The number of amides is 2. The van der Waals surface area contributed by atoms with Gasteiger partial charge in [0.2, 0.25) is 11.8 Å².